The fourth-order valence-corrected chi connectivity index (χ4v) is 3.23. The molecule has 0 aliphatic rings. The highest BCUT2D eigenvalue weighted by Gasteiger charge is 2.33. The zero-order valence-corrected chi connectivity index (χ0v) is 16.0. The normalized spacial score (nSPS) is 15.2. The summed E-state index contributed by atoms with van der Waals surface area (Å²) in [6.07, 6.45) is 1.05. The van der Waals surface area contributed by atoms with Crippen molar-refractivity contribution in [2.45, 2.75) is 66.7 Å². The van der Waals surface area contributed by atoms with Crippen LogP contribution in [0.15, 0.2) is 4.47 Å². The summed E-state index contributed by atoms with van der Waals surface area (Å²) in [5.41, 5.74) is 2.37. The molecule has 0 radical (unpaired) electrons. The van der Waals surface area contributed by atoms with Crippen LogP contribution in [0.2, 0.25) is 0 Å². The number of likely N-dealkylation sites (N-methyl/N-ethyl adjacent to an activating group) is 1. The topological polar surface area (TPSA) is 39.1 Å². The number of ether oxygens (including phenoxy) is 1. The maximum absolute atomic E-state index is 6.04. The Morgan fingerprint density at radius 3 is 2.38 bits per heavy atom. The number of aryl methyl sites for hydroxylation is 2. The van der Waals surface area contributed by atoms with E-state index in [1.54, 1.807) is 0 Å². The Hall–Kier alpha value is -0.390. The lowest BCUT2D eigenvalue weighted by atomic mass is 9.83. The van der Waals surface area contributed by atoms with E-state index >= 15 is 0 Å². The molecule has 0 aliphatic carbocycles. The zero-order chi connectivity index (χ0) is 16.2. The van der Waals surface area contributed by atoms with Gasteiger partial charge in [0.1, 0.15) is 0 Å². The molecule has 2 unspecified atom stereocenters. The third-order valence-corrected chi connectivity index (χ3v) is 4.83. The van der Waals surface area contributed by atoms with Crippen molar-refractivity contribution in [3.63, 3.8) is 0 Å². The Bertz CT molecular complexity index is 451. The lowest BCUT2D eigenvalue weighted by molar-refractivity contribution is -0.0344. The van der Waals surface area contributed by atoms with Crippen molar-refractivity contribution in [1.29, 1.82) is 0 Å². The first-order chi connectivity index (χ1) is 9.76. The molecular formula is C16H30BrN3O. The van der Waals surface area contributed by atoms with Crippen molar-refractivity contribution in [3.05, 3.63) is 15.9 Å². The van der Waals surface area contributed by atoms with Crippen LogP contribution < -0.4 is 5.32 Å². The lowest BCUT2D eigenvalue weighted by Crippen LogP contribution is -2.48. The number of hydrogen-bond acceptors (Lipinski definition) is 3. The van der Waals surface area contributed by atoms with Crippen LogP contribution in [0.5, 0.6) is 0 Å². The summed E-state index contributed by atoms with van der Waals surface area (Å²) in [5.74, 6) is 0. The van der Waals surface area contributed by atoms with Crippen LogP contribution in [0.3, 0.4) is 0 Å². The van der Waals surface area contributed by atoms with Crippen LogP contribution in [-0.4, -0.2) is 35.6 Å². The molecule has 0 amide bonds. The highest BCUT2D eigenvalue weighted by atomic mass is 79.9. The first-order valence-corrected chi connectivity index (χ1v) is 8.56. The van der Waals surface area contributed by atoms with E-state index in [0.29, 0.717) is 0 Å². The molecule has 0 aliphatic heterocycles. The van der Waals surface area contributed by atoms with Crippen molar-refractivity contribution < 1.29 is 4.74 Å². The molecule has 2 atom stereocenters. The summed E-state index contributed by atoms with van der Waals surface area (Å²) < 4.78 is 9.24. The van der Waals surface area contributed by atoms with Gasteiger partial charge in [0.25, 0.3) is 0 Å². The van der Waals surface area contributed by atoms with Gasteiger partial charge in [-0.05, 0) is 49.2 Å². The van der Waals surface area contributed by atoms with Crippen molar-refractivity contribution in [2.24, 2.45) is 5.41 Å². The van der Waals surface area contributed by atoms with Crippen molar-refractivity contribution in [3.8, 4) is 0 Å². The number of hydrogen-bond donors (Lipinski definition) is 1. The minimum Gasteiger partial charge on any atom is -0.376 e. The second kappa shape index (κ2) is 7.75. The van der Waals surface area contributed by atoms with Gasteiger partial charge in [-0.3, -0.25) is 4.68 Å². The van der Waals surface area contributed by atoms with Crippen molar-refractivity contribution in [1.82, 2.24) is 15.1 Å². The highest BCUT2D eigenvalue weighted by molar-refractivity contribution is 9.10. The minimum atomic E-state index is 0.0856. The summed E-state index contributed by atoms with van der Waals surface area (Å²) in [5, 5.41) is 8.03. The summed E-state index contributed by atoms with van der Waals surface area (Å²) in [6.45, 7) is 14.5. The van der Waals surface area contributed by atoms with Gasteiger partial charge in [0.15, 0.2) is 0 Å². The van der Waals surface area contributed by atoms with Crippen LogP contribution in [0, 0.1) is 12.3 Å². The predicted octanol–water partition coefficient (Wildman–Crippen LogP) is 3.56. The van der Waals surface area contributed by atoms with Crippen molar-refractivity contribution >= 4 is 15.9 Å². The van der Waals surface area contributed by atoms with E-state index < -0.39 is 0 Å². The molecule has 0 aromatic carbocycles. The van der Waals surface area contributed by atoms with Gasteiger partial charge in [-0.1, -0.05) is 20.8 Å². The Labute approximate surface area is 137 Å². The first-order valence-electron chi connectivity index (χ1n) is 7.76. The molecule has 122 valence electrons. The minimum absolute atomic E-state index is 0.0856. The van der Waals surface area contributed by atoms with Gasteiger partial charge in [0.2, 0.25) is 0 Å². The predicted molar refractivity (Wildman–Crippen MR) is 91.8 cm³/mol. The van der Waals surface area contributed by atoms with Gasteiger partial charge in [-0.25, -0.2) is 0 Å². The van der Waals surface area contributed by atoms with Gasteiger partial charge < -0.3 is 10.1 Å². The van der Waals surface area contributed by atoms with Crippen LogP contribution in [0.1, 0.15) is 46.0 Å². The summed E-state index contributed by atoms with van der Waals surface area (Å²) >= 11 is 3.69. The Morgan fingerprint density at radius 1 is 1.33 bits per heavy atom. The van der Waals surface area contributed by atoms with Gasteiger partial charge in [0.05, 0.1) is 22.0 Å². The lowest BCUT2D eigenvalue weighted by Gasteiger charge is -2.36. The second-order valence-electron chi connectivity index (χ2n) is 6.50. The van der Waals surface area contributed by atoms with Crippen LogP contribution >= 0.6 is 15.9 Å². The molecule has 5 heteroatoms. The fourth-order valence-electron chi connectivity index (χ4n) is 2.78. The Morgan fingerprint density at radius 2 is 1.95 bits per heavy atom. The number of nitrogens with one attached hydrogen (secondary N) is 1. The van der Waals surface area contributed by atoms with Crippen LogP contribution in [-0.2, 0) is 17.7 Å². The monoisotopic (exact) mass is 359 g/mol. The molecule has 4 nitrogen and oxygen atoms in total. The van der Waals surface area contributed by atoms with Crippen LogP contribution in [0.4, 0.5) is 0 Å². The van der Waals surface area contributed by atoms with Crippen molar-refractivity contribution in [2.75, 3.05) is 13.7 Å². The molecule has 1 N–H and O–H groups in total. The smallest absolute Gasteiger partial charge is 0.0779 e. The van der Waals surface area contributed by atoms with E-state index in [9.17, 15) is 0 Å². The van der Waals surface area contributed by atoms with E-state index in [0.717, 1.165) is 29.7 Å². The summed E-state index contributed by atoms with van der Waals surface area (Å²) in [4.78, 5) is 0. The number of nitrogens with zero attached hydrogens (tertiary/aromatic N) is 2. The average Bonchev–Trinajstić information content (AvgIpc) is 2.68. The third kappa shape index (κ3) is 4.54. The summed E-state index contributed by atoms with van der Waals surface area (Å²) in [6, 6.07) is 0.252. The van der Waals surface area contributed by atoms with E-state index in [2.05, 4.69) is 65.6 Å². The molecule has 1 aromatic heterocycles. The summed E-state index contributed by atoms with van der Waals surface area (Å²) in [7, 11) is 2.01. The molecule has 0 bridgehead atoms. The Kier molecular flexibility index (Phi) is 6.88. The molecule has 1 aromatic rings. The maximum Gasteiger partial charge on any atom is 0.0779 e. The average molecular weight is 360 g/mol. The van der Waals surface area contributed by atoms with Gasteiger partial charge in [-0.15, -0.1) is 0 Å². The molecule has 21 heavy (non-hydrogen) atoms. The van der Waals surface area contributed by atoms with Gasteiger partial charge >= 0.3 is 0 Å². The number of halogens is 1. The zero-order valence-electron chi connectivity index (χ0n) is 14.5. The first kappa shape index (κ1) is 18.7. The fraction of sp³-hybridized carbons (Fsp3) is 0.812. The van der Waals surface area contributed by atoms with E-state index in [-0.39, 0.29) is 17.6 Å². The molecule has 0 saturated carbocycles. The molecule has 0 fully saturated rings. The number of rotatable bonds is 7. The van der Waals surface area contributed by atoms with E-state index in [1.165, 1.54) is 5.69 Å². The maximum atomic E-state index is 6.04. The molecule has 0 spiro atoms. The van der Waals surface area contributed by atoms with Crippen LogP contribution in [0.25, 0.3) is 0 Å². The largest absolute Gasteiger partial charge is 0.376 e. The standard InChI is InChI=1S/C16H30BrN3O/c1-8-20-13(14(17)11(3)19-20)10-12(18-7)15(21-9-2)16(4,5)6/h12,15,18H,8-10H2,1-7H3. The molecular weight excluding hydrogens is 330 g/mol. The third-order valence-electron chi connectivity index (χ3n) is 3.80. The molecule has 1 rings (SSSR count). The Balaban J connectivity index is 3.06. The van der Waals surface area contributed by atoms with Gasteiger partial charge in [-0.2, -0.15) is 5.10 Å². The quantitative estimate of drug-likeness (QED) is 0.808. The second-order valence-corrected chi connectivity index (χ2v) is 7.30. The molecule has 1 heterocycles. The highest BCUT2D eigenvalue weighted by Crippen LogP contribution is 2.29. The number of aromatic nitrogens is 2. The molecule has 0 saturated heterocycles. The van der Waals surface area contributed by atoms with E-state index in [4.69, 9.17) is 4.74 Å². The SMILES string of the molecule is CCOC(C(Cc1c(Br)c(C)nn1CC)NC)C(C)(C)C. The van der Waals surface area contributed by atoms with E-state index in [1.807, 2.05) is 14.0 Å². The van der Waals surface area contributed by atoms with Gasteiger partial charge in [0, 0.05) is 25.6 Å².